The zero-order valence-corrected chi connectivity index (χ0v) is 14.0. The molecular formula is C17H25ClN2O. The molecule has 0 bridgehead atoms. The van der Waals surface area contributed by atoms with Crippen molar-refractivity contribution in [2.75, 3.05) is 13.1 Å². The van der Waals surface area contributed by atoms with Crippen molar-refractivity contribution in [1.82, 2.24) is 9.88 Å². The average molecular weight is 309 g/mol. The average Bonchev–Trinajstić information content (AvgIpc) is 2.47. The lowest BCUT2D eigenvalue weighted by atomic mass is 9.78. The molecule has 1 aromatic heterocycles. The fourth-order valence-electron chi connectivity index (χ4n) is 2.84. The van der Waals surface area contributed by atoms with Crippen LogP contribution in [0.2, 0.25) is 5.15 Å². The maximum Gasteiger partial charge on any atom is 0.254 e. The molecule has 1 saturated heterocycles. The lowest BCUT2D eigenvalue weighted by molar-refractivity contribution is 0.0600. The summed E-state index contributed by atoms with van der Waals surface area (Å²) in [7, 11) is 0. The molecule has 2 heterocycles. The first-order valence-electron chi connectivity index (χ1n) is 7.93. The molecule has 1 aliphatic heterocycles. The molecule has 0 spiro atoms. The Bertz CT molecular complexity index is 508. The number of piperidine rings is 1. The molecule has 0 atom stereocenters. The molecule has 3 nitrogen and oxygen atoms in total. The van der Waals surface area contributed by atoms with Crippen molar-refractivity contribution in [3.63, 3.8) is 0 Å². The van der Waals surface area contributed by atoms with E-state index in [0.29, 0.717) is 16.1 Å². The Hall–Kier alpha value is -1.09. The Morgan fingerprint density at radius 2 is 2.00 bits per heavy atom. The van der Waals surface area contributed by atoms with Crippen LogP contribution < -0.4 is 0 Å². The van der Waals surface area contributed by atoms with E-state index < -0.39 is 0 Å². The summed E-state index contributed by atoms with van der Waals surface area (Å²) >= 11 is 6.05. The number of carbonyl (C=O) groups excluding carboxylic acids is 1. The van der Waals surface area contributed by atoms with E-state index in [1.165, 1.54) is 6.42 Å². The Labute approximate surface area is 132 Å². The molecule has 1 aromatic rings. The zero-order chi connectivity index (χ0) is 15.5. The number of aryl methyl sites for hydroxylation is 1. The Balaban J connectivity index is 2.10. The van der Waals surface area contributed by atoms with Crippen LogP contribution in [0.5, 0.6) is 0 Å². The van der Waals surface area contributed by atoms with E-state index in [-0.39, 0.29) is 5.91 Å². The number of likely N-dealkylation sites (tertiary alicyclic amines) is 1. The van der Waals surface area contributed by atoms with E-state index in [1.807, 2.05) is 11.0 Å². The van der Waals surface area contributed by atoms with Gasteiger partial charge in [-0.2, -0.15) is 0 Å². The standard InChI is InChI=1S/C17H25ClN2O/c1-4-6-14-11-13(12-15(18)19-14)16(21)20-9-7-17(3,5-2)8-10-20/h11-12H,4-10H2,1-3H3. The number of aromatic nitrogens is 1. The number of carbonyl (C=O) groups is 1. The van der Waals surface area contributed by atoms with Crippen LogP contribution in [0, 0.1) is 5.41 Å². The smallest absolute Gasteiger partial charge is 0.254 e. The molecule has 1 fully saturated rings. The predicted octanol–water partition coefficient (Wildman–Crippen LogP) is 4.34. The van der Waals surface area contributed by atoms with Crippen molar-refractivity contribution in [3.8, 4) is 0 Å². The number of hydrogen-bond donors (Lipinski definition) is 0. The first-order valence-corrected chi connectivity index (χ1v) is 8.31. The van der Waals surface area contributed by atoms with Crippen LogP contribution in [-0.4, -0.2) is 28.9 Å². The van der Waals surface area contributed by atoms with Gasteiger partial charge in [-0.3, -0.25) is 4.79 Å². The summed E-state index contributed by atoms with van der Waals surface area (Å²) in [5, 5.41) is 0.416. The highest BCUT2D eigenvalue weighted by Gasteiger charge is 2.30. The second-order valence-electron chi connectivity index (χ2n) is 6.38. The molecule has 0 radical (unpaired) electrons. The first-order chi connectivity index (χ1) is 9.97. The summed E-state index contributed by atoms with van der Waals surface area (Å²) < 4.78 is 0. The number of nitrogens with zero attached hydrogens (tertiary/aromatic N) is 2. The van der Waals surface area contributed by atoms with Crippen molar-refractivity contribution in [2.24, 2.45) is 5.41 Å². The maximum absolute atomic E-state index is 12.6. The lowest BCUT2D eigenvalue weighted by Crippen LogP contribution is -2.42. The van der Waals surface area contributed by atoms with Crippen LogP contribution in [0.15, 0.2) is 12.1 Å². The summed E-state index contributed by atoms with van der Waals surface area (Å²) in [5.41, 5.74) is 1.97. The van der Waals surface area contributed by atoms with Gasteiger partial charge in [-0.1, -0.05) is 45.2 Å². The van der Waals surface area contributed by atoms with Crippen molar-refractivity contribution in [2.45, 2.75) is 52.9 Å². The molecule has 21 heavy (non-hydrogen) atoms. The van der Waals surface area contributed by atoms with E-state index in [9.17, 15) is 4.79 Å². The van der Waals surface area contributed by atoms with Crippen LogP contribution in [0.3, 0.4) is 0 Å². The van der Waals surface area contributed by atoms with Crippen LogP contribution in [-0.2, 0) is 6.42 Å². The van der Waals surface area contributed by atoms with Crippen molar-refractivity contribution in [1.29, 1.82) is 0 Å². The van der Waals surface area contributed by atoms with Gasteiger partial charge in [0, 0.05) is 24.3 Å². The highest BCUT2D eigenvalue weighted by atomic mass is 35.5. The quantitative estimate of drug-likeness (QED) is 0.775. The minimum Gasteiger partial charge on any atom is -0.339 e. The van der Waals surface area contributed by atoms with Gasteiger partial charge in [0.1, 0.15) is 5.15 Å². The largest absolute Gasteiger partial charge is 0.339 e. The number of rotatable bonds is 4. The number of pyridine rings is 1. The van der Waals surface area contributed by atoms with Gasteiger partial charge < -0.3 is 4.90 Å². The predicted molar refractivity (Wildman–Crippen MR) is 86.8 cm³/mol. The maximum atomic E-state index is 12.6. The van der Waals surface area contributed by atoms with Crippen molar-refractivity contribution < 1.29 is 4.79 Å². The molecule has 0 aromatic carbocycles. The topological polar surface area (TPSA) is 33.2 Å². The van der Waals surface area contributed by atoms with Gasteiger partial charge >= 0.3 is 0 Å². The monoisotopic (exact) mass is 308 g/mol. The first kappa shape index (κ1) is 16.3. The second-order valence-corrected chi connectivity index (χ2v) is 6.76. The molecule has 0 N–H and O–H groups in total. The summed E-state index contributed by atoms with van der Waals surface area (Å²) in [6.07, 6.45) is 5.19. The third-order valence-electron chi connectivity index (χ3n) is 4.71. The van der Waals surface area contributed by atoms with Gasteiger partial charge in [-0.15, -0.1) is 0 Å². The van der Waals surface area contributed by atoms with Crippen molar-refractivity contribution >= 4 is 17.5 Å². The minimum absolute atomic E-state index is 0.0924. The van der Waals surface area contributed by atoms with Gasteiger partial charge in [-0.25, -0.2) is 4.98 Å². The third kappa shape index (κ3) is 3.97. The number of hydrogen-bond acceptors (Lipinski definition) is 2. The minimum atomic E-state index is 0.0924. The lowest BCUT2D eigenvalue weighted by Gasteiger charge is -2.39. The Morgan fingerprint density at radius 1 is 1.33 bits per heavy atom. The summed E-state index contributed by atoms with van der Waals surface area (Å²) in [5.74, 6) is 0.0924. The number of amides is 1. The van der Waals surface area contributed by atoms with Gasteiger partial charge in [0.15, 0.2) is 0 Å². The van der Waals surface area contributed by atoms with Gasteiger partial charge in [0.25, 0.3) is 5.91 Å². The normalized spacial score (nSPS) is 17.8. The highest BCUT2D eigenvalue weighted by Crippen LogP contribution is 2.34. The summed E-state index contributed by atoms with van der Waals surface area (Å²) in [6.45, 7) is 8.33. The summed E-state index contributed by atoms with van der Waals surface area (Å²) in [6, 6.07) is 3.59. The zero-order valence-electron chi connectivity index (χ0n) is 13.3. The molecule has 4 heteroatoms. The molecule has 0 unspecified atom stereocenters. The SMILES string of the molecule is CCCc1cc(C(=O)N2CCC(C)(CC)CC2)cc(Cl)n1. The fraction of sp³-hybridized carbons (Fsp3) is 0.647. The molecule has 1 amide bonds. The van der Waals surface area contributed by atoms with Gasteiger partial charge in [0.2, 0.25) is 0 Å². The van der Waals surface area contributed by atoms with Crippen LogP contribution in [0.25, 0.3) is 0 Å². The fourth-order valence-corrected chi connectivity index (χ4v) is 3.07. The van der Waals surface area contributed by atoms with Crippen molar-refractivity contribution in [3.05, 3.63) is 28.5 Å². The molecule has 2 rings (SSSR count). The van der Waals surface area contributed by atoms with E-state index in [4.69, 9.17) is 11.6 Å². The van der Waals surface area contributed by atoms with Gasteiger partial charge in [0.05, 0.1) is 0 Å². The Morgan fingerprint density at radius 3 is 2.57 bits per heavy atom. The Kier molecular flexibility index (Phi) is 5.26. The third-order valence-corrected chi connectivity index (χ3v) is 4.91. The van der Waals surface area contributed by atoms with Crippen LogP contribution in [0.4, 0.5) is 0 Å². The summed E-state index contributed by atoms with van der Waals surface area (Å²) in [4.78, 5) is 18.9. The molecule has 1 aliphatic rings. The second kappa shape index (κ2) is 6.78. The van der Waals surface area contributed by atoms with E-state index in [1.54, 1.807) is 6.07 Å². The number of halogens is 1. The van der Waals surface area contributed by atoms with Crippen LogP contribution >= 0.6 is 11.6 Å². The van der Waals surface area contributed by atoms with E-state index in [0.717, 1.165) is 44.5 Å². The van der Waals surface area contributed by atoms with E-state index >= 15 is 0 Å². The highest BCUT2D eigenvalue weighted by molar-refractivity contribution is 6.29. The van der Waals surface area contributed by atoms with Gasteiger partial charge in [-0.05, 0) is 36.8 Å². The molecule has 0 aliphatic carbocycles. The van der Waals surface area contributed by atoms with Crippen LogP contribution in [0.1, 0.15) is 62.5 Å². The molecule has 0 saturated carbocycles. The van der Waals surface area contributed by atoms with E-state index in [2.05, 4.69) is 25.8 Å². The molecule has 116 valence electrons. The molecular weight excluding hydrogens is 284 g/mol.